The van der Waals surface area contributed by atoms with E-state index >= 15 is 0 Å². The van der Waals surface area contributed by atoms with Crippen molar-refractivity contribution in [2.45, 2.75) is 25.3 Å². The summed E-state index contributed by atoms with van der Waals surface area (Å²) in [5.41, 5.74) is 0. The van der Waals surface area contributed by atoms with Crippen molar-refractivity contribution in [2.24, 2.45) is 5.92 Å². The lowest BCUT2D eigenvalue weighted by Crippen LogP contribution is -2.36. The molecule has 1 aliphatic heterocycles. The van der Waals surface area contributed by atoms with E-state index in [-0.39, 0.29) is 6.54 Å². The average molecular weight is 215 g/mol. The normalized spacial score (nSPS) is 27.1. The van der Waals surface area contributed by atoms with E-state index in [1.54, 1.807) is 0 Å². The van der Waals surface area contributed by atoms with E-state index in [0.29, 0.717) is 6.04 Å². The molecule has 2 fully saturated rings. The minimum Gasteiger partial charge on any atom is -0.480 e. The van der Waals surface area contributed by atoms with Gasteiger partial charge in [-0.2, -0.15) is 11.8 Å². The fraction of sp³-hybridized carbons (Fsp3) is 0.900. The van der Waals surface area contributed by atoms with Gasteiger partial charge in [-0.25, -0.2) is 0 Å². The van der Waals surface area contributed by atoms with E-state index in [9.17, 15) is 4.79 Å². The highest BCUT2D eigenvalue weighted by molar-refractivity contribution is 7.99. The molecule has 0 amide bonds. The molecule has 1 aliphatic carbocycles. The van der Waals surface area contributed by atoms with Crippen LogP contribution in [0.2, 0.25) is 0 Å². The molecule has 1 atom stereocenters. The topological polar surface area (TPSA) is 40.5 Å². The summed E-state index contributed by atoms with van der Waals surface area (Å²) in [6.07, 6.45) is 3.67. The number of nitrogens with zero attached hydrogens (tertiary/aromatic N) is 1. The van der Waals surface area contributed by atoms with E-state index in [1.165, 1.54) is 30.8 Å². The summed E-state index contributed by atoms with van der Waals surface area (Å²) in [6, 6.07) is 0.580. The van der Waals surface area contributed by atoms with Gasteiger partial charge in [-0.15, -0.1) is 0 Å². The van der Waals surface area contributed by atoms with Crippen LogP contribution in [0.4, 0.5) is 0 Å². The van der Waals surface area contributed by atoms with Crippen LogP contribution < -0.4 is 0 Å². The molecular formula is C10H17NO2S. The fourth-order valence-corrected chi connectivity index (χ4v) is 3.29. The smallest absolute Gasteiger partial charge is 0.317 e. The molecule has 0 aromatic heterocycles. The van der Waals surface area contributed by atoms with Crippen LogP contribution in [-0.4, -0.2) is 46.6 Å². The molecule has 1 saturated heterocycles. The number of carbonyl (C=O) groups is 1. The van der Waals surface area contributed by atoms with Gasteiger partial charge in [-0.05, 0) is 36.7 Å². The molecule has 2 aliphatic rings. The summed E-state index contributed by atoms with van der Waals surface area (Å²) in [5.74, 6) is 2.54. The van der Waals surface area contributed by atoms with Crippen molar-refractivity contribution in [1.82, 2.24) is 4.90 Å². The predicted octanol–water partition coefficient (Wildman–Crippen LogP) is 1.29. The summed E-state index contributed by atoms with van der Waals surface area (Å²) < 4.78 is 0. The van der Waals surface area contributed by atoms with Gasteiger partial charge in [-0.3, -0.25) is 9.69 Å². The standard InChI is InChI=1S/C10H17NO2S/c12-10(13)6-11(9-1-2-9)5-8-3-4-14-7-8/h8-9H,1-7H2,(H,12,13). The van der Waals surface area contributed by atoms with Crippen molar-refractivity contribution in [3.05, 3.63) is 0 Å². The lowest BCUT2D eigenvalue weighted by molar-refractivity contribution is -0.138. The molecule has 0 bridgehead atoms. The third-order valence-electron chi connectivity index (χ3n) is 2.92. The van der Waals surface area contributed by atoms with E-state index in [2.05, 4.69) is 4.90 Å². The Bertz CT molecular complexity index is 212. The molecule has 0 spiro atoms. The lowest BCUT2D eigenvalue weighted by atomic mass is 10.1. The number of carboxylic acid groups (broad SMARTS) is 1. The van der Waals surface area contributed by atoms with Gasteiger partial charge < -0.3 is 5.11 Å². The van der Waals surface area contributed by atoms with Crippen LogP contribution in [0.15, 0.2) is 0 Å². The maximum atomic E-state index is 10.7. The Morgan fingerprint density at radius 2 is 2.21 bits per heavy atom. The summed E-state index contributed by atoms with van der Waals surface area (Å²) in [4.78, 5) is 12.8. The molecule has 1 saturated carbocycles. The minimum absolute atomic E-state index is 0.242. The largest absolute Gasteiger partial charge is 0.480 e. The fourth-order valence-electron chi connectivity index (χ4n) is 2.02. The summed E-state index contributed by atoms with van der Waals surface area (Å²) >= 11 is 2.00. The zero-order valence-corrected chi connectivity index (χ0v) is 9.13. The van der Waals surface area contributed by atoms with Crippen molar-refractivity contribution >= 4 is 17.7 Å². The number of thioether (sulfide) groups is 1. The monoisotopic (exact) mass is 215 g/mol. The van der Waals surface area contributed by atoms with Crippen LogP contribution >= 0.6 is 11.8 Å². The molecule has 0 aromatic rings. The highest BCUT2D eigenvalue weighted by Crippen LogP contribution is 2.30. The molecule has 1 unspecified atom stereocenters. The van der Waals surface area contributed by atoms with E-state index in [0.717, 1.165) is 12.5 Å². The minimum atomic E-state index is -0.678. The van der Waals surface area contributed by atoms with E-state index < -0.39 is 5.97 Å². The molecule has 2 rings (SSSR count). The predicted molar refractivity (Wildman–Crippen MR) is 57.7 cm³/mol. The molecule has 1 heterocycles. The van der Waals surface area contributed by atoms with Gasteiger partial charge in [0.05, 0.1) is 6.54 Å². The van der Waals surface area contributed by atoms with Gasteiger partial charge >= 0.3 is 5.97 Å². The lowest BCUT2D eigenvalue weighted by Gasteiger charge is -2.22. The van der Waals surface area contributed by atoms with Crippen LogP contribution in [0.1, 0.15) is 19.3 Å². The first-order valence-corrected chi connectivity index (χ1v) is 6.45. The molecule has 14 heavy (non-hydrogen) atoms. The Morgan fingerprint density at radius 1 is 1.43 bits per heavy atom. The Balaban J connectivity index is 1.80. The molecule has 0 aromatic carbocycles. The summed E-state index contributed by atoms with van der Waals surface area (Å²) in [6.45, 7) is 1.25. The number of rotatable bonds is 5. The van der Waals surface area contributed by atoms with Crippen LogP contribution in [-0.2, 0) is 4.79 Å². The number of hydrogen-bond acceptors (Lipinski definition) is 3. The van der Waals surface area contributed by atoms with Crippen molar-refractivity contribution < 1.29 is 9.90 Å². The maximum absolute atomic E-state index is 10.7. The van der Waals surface area contributed by atoms with Crippen LogP contribution in [0.3, 0.4) is 0 Å². The Kier molecular flexibility index (Phi) is 3.34. The molecule has 3 nitrogen and oxygen atoms in total. The molecule has 80 valence electrons. The quantitative estimate of drug-likeness (QED) is 0.750. The van der Waals surface area contributed by atoms with E-state index in [4.69, 9.17) is 5.11 Å². The van der Waals surface area contributed by atoms with Crippen molar-refractivity contribution in [3.8, 4) is 0 Å². The molecule has 1 N–H and O–H groups in total. The zero-order chi connectivity index (χ0) is 9.97. The Morgan fingerprint density at radius 3 is 2.71 bits per heavy atom. The van der Waals surface area contributed by atoms with Gasteiger partial charge in [-0.1, -0.05) is 0 Å². The maximum Gasteiger partial charge on any atom is 0.317 e. The van der Waals surface area contributed by atoms with Gasteiger partial charge in [0, 0.05) is 12.6 Å². The van der Waals surface area contributed by atoms with Crippen LogP contribution in [0.5, 0.6) is 0 Å². The second kappa shape index (κ2) is 4.53. The average Bonchev–Trinajstić information content (AvgIpc) is 2.85. The highest BCUT2D eigenvalue weighted by Gasteiger charge is 2.32. The van der Waals surface area contributed by atoms with Gasteiger partial charge in [0.25, 0.3) is 0 Å². The molecular weight excluding hydrogens is 198 g/mol. The second-order valence-corrected chi connectivity index (χ2v) is 5.43. The van der Waals surface area contributed by atoms with Crippen molar-refractivity contribution in [3.63, 3.8) is 0 Å². The number of hydrogen-bond donors (Lipinski definition) is 1. The van der Waals surface area contributed by atoms with Gasteiger partial charge in [0.2, 0.25) is 0 Å². The number of carboxylic acids is 1. The van der Waals surface area contributed by atoms with Gasteiger partial charge in [0.1, 0.15) is 0 Å². The van der Waals surface area contributed by atoms with Crippen LogP contribution in [0.25, 0.3) is 0 Å². The SMILES string of the molecule is O=C(O)CN(CC1CCSC1)C1CC1. The summed E-state index contributed by atoms with van der Waals surface area (Å²) in [5, 5.41) is 8.79. The van der Waals surface area contributed by atoms with Crippen molar-refractivity contribution in [1.29, 1.82) is 0 Å². The molecule has 0 radical (unpaired) electrons. The Hall–Kier alpha value is -0.220. The first-order chi connectivity index (χ1) is 6.75. The Labute approximate surface area is 88.9 Å². The highest BCUT2D eigenvalue weighted by atomic mass is 32.2. The van der Waals surface area contributed by atoms with Crippen molar-refractivity contribution in [2.75, 3.05) is 24.6 Å². The second-order valence-electron chi connectivity index (χ2n) is 4.28. The van der Waals surface area contributed by atoms with E-state index in [1.807, 2.05) is 11.8 Å². The molecule has 4 heteroatoms. The first kappa shape index (κ1) is 10.3. The van der Waals surface area contributed by atoms with Crippen LogP contribution in [0, 0.1) is 5.92 Å². The zero-order valence-electron chi connectivity index (χ0n) is 8.32. The summed E-state index contributed by atoms with van der Waals surface area (Å²) in [7, 11) is 0. The number of aliphatic carboxylic acids is 1. The third kappa shape index (κ3) is 2.89. The first-order valence-electron chi connectivity index (χ1n) is 5.29. The van der Waals surface area contributed by atoms with Gasteiger partial charge in [0.15, 0.2) is 0 Å². The third-order valence-corrected chi connectivity index (χ3v) is 4.15.